The molecule has 38 heavy (non-hydrogen) atoms. The molecular weight excluding hydrogens is 543 g/mol. The molecule has 0 N–H and O–H groups in total. The van der Waals surface area contributed by atoms with Crippen LogP contribution >= 0.6 is 11.3 Å². The van der Waals surface area contributed by atoms with Crippen molar-refractivity contribution in [3.8, 4) is 21.7 Å². The molecular formula is C34H35GeNOS. The van der Waals surface area contributed by atoms with Crippen molar-refractivity contribution in [3.05, 3.63) is 84.1 Å². The van der Waals surface area contributed by atoms with Gasteiger partial charge in [-0.2, -0.15) is 0 Å². The summed E-state index contributed by atoms with van der Waals surface area (Å²) in [6.45, 7) is 9.11. The summed E-state index contributed by atoms with van der Waals surface area (Å²) in [5.41, 5.74) is 8.24. The van der Waals surface area contributed by atoms with Crippen molar-refractivity contribution in [2.45, 2.75) is 51.4 Å². The van der Waals surface area contributed by atoms with Crippen LogP contribution in [0, 0.1) is 12.3 Å². The summed E-state index contributed by atoms with van der Waals surface area (Å²) in [6, 6.07) is 24.6. The Morgan fingerprint density at radius 2 is 1.63 bits per heavy atom. The second-order valence-electron chi connectivity index (χ2n) is 12.8. The van der Waals surface area contributed by atoms with Crippen molar-refractivity contribution in [1.29, 1.82) is 0 Å². The van der Waals surface area contributed by atoms with E-state index < -0.39 is 13.3 Å². The molecule has 6 rings (SSSR count). The molecule has 0 saturated heterocycles. The van der Waals surface area contributed by atoms with Gasteiger partial charge in [-0.05, 0) is 17.4 Å². The first-order valence-electron chi connectivity index (χ1n) is 13.4. The van der Waals surface area contributed by atoms with Gasteiger partial charge in [0.05, 0.1) is 0 Å². The second-order valence-corrected chi connectivity index (χ2v) is 24.4. The molecule has 3 aromatic heterocycles. The summed E-state index contributed by atoms with van der Waals surface area (Å²) in [5.74, 6) is 7.28. The Balaban J connectivity index is 1.49. The van der Waals surface area contributed by atoms with Crippen LogP contribution in [-0.2, 0) is 6.42 Å². The zero-order valence-electron chi connectivity index (χ0n) is 23.4. The van der Waals surface area contributed by atoms with Crippen LogP contribution in [0.4, 0.5) is 0 Å². The Morgan fingerprint density at radius 3 is 2.34 bits per heavy atom. The summed E-state index contributed by atoms with van der Waals surface area (Å²) in [4.78, 5) is 6.23. The molecule has 2 nitrogen and oxygen atoms in total. The molecule has 0 radical (unpaired) electrons. The van der Waals surface area contributed by atoms with Crippen molar-refractivity contribution in [1.82, 2.24) is 4.98 Å². The van der Waals surface area contributed by atoms with Crippen LogP contribution in [0.15, 0.2) is 77.3 Å². The van der Waals surface area contributed by atoms with Gasteiger partial charge < -0.3 is 0 Å². The molecule has 0 aliphatic rings. The number of benzene rings is 3. The van der Waals surface area contributed by atoms with Crippen LogP contribution in [0.3, 0.4) is 0 Å². The molecule has 0 amide bonds. The van der Waals surface area contributed by atoms with Crippen LogP contribution in [0.1, 0.15) is 31.9 Å². The molecule has 192 valence electrons. The molecule has 3 heterocycles. The number of para-hydroxylation sites is 1. The number of thiophene rings is 1. The van der Waals surface area contributed by atoms with E-state index in [4.69, 9.17) is 9.40 Å². The van der Waals surface area contributed by atoms with Gasteiger partial charge in [-0.15, -0.1) is 0 Å². The molecule has 0 unspecified atom stereocenters. The minimum atomic E-state index is -1.96. The molecule has 0 spiro atoms. The Morgan fingerprint density at radius 1 is 0.868 bits per heavy atom. The zero-order valence-corrected chi connectivity index (χ0v) is 26.3. The fourth-order valence-corrected chi connectivity index (χ4v) is 9.17. The summed E-state index contributed by atoms with van der Waals surface area (Å²) < 4.78 is 9.27. The fourth-order valence-electron chi connectivity index (χ4n) is 5.45. The molecule has 0 saturated carbocycles. The van der Waals surface area contributed by atoms with E-state index in [1.54, 1.807) is 0 Å². The maximum atomic E-state index is 6.59. The van der Waals surface area contributed by atoms with Crippen LogP contribution < -0.4 is 4.40 Å². The van der Waals surface area contributed by atoms with E-state index in [0.29, 0.717) is 0 Å². The number of hydrogen-bond donors (Lipinski definition) is 0. The van der Waals surface area contributed by atoms with Crippen molar-refractivity contribution in [3.63, 3.8) is 0 Å². The van der Waals surface area contributed by atoms with Gasteiger partial charge in [0.1, 0.15) is 0 Å². The predicted molar refractivity (Wildman–Crippen MR) is 169 cm³/mol. The van der Waals surface area contributed by atoms with Gasteiger partial charge in [0.2, 0.25) is 0 Å². The second kappa shape index (κ2) is 9.10. The maximum absolute atomic E-state index is 6.59. The molecule has 3 aromatic carbocycles. The molecule has 0 atom stereocenters. The summed E-state index contributed by atoms with van der Waals surface area (Å²) in [7, 11) is 0. The predicted octanol–water partition coefficient (Wildman–Crippen LogP) is 9.97. The number of furan rings is 1. The molecule has 0 fully saturated rings. The number of aromatic nitrogens is 1. The Kier molecular flexibility index (Phi) is 6.08. The van der Waals surface area contributed by atoms with Crippen LogP contribution in [0.2, 0.25) is 17.3 Å². The van der Waals surface area contributed by atoms with Crippen molar-refractivity contribution in [2.24, 2.45) is 5.41 Å². The third-order valence-electron chi connectivity index (χ3n) is 7.42. The van der Waals surface area contributed by atoms with Crippen molar-refractivity contribution >= 4 is 61.0 Å². The fraction of sp³-hybridized carbons (Fsp3) is 0.265. The molecule has 0 bridgehead atoms. The van der Waals surface area contributed by atoms with Gasteiger partial charge in [-0.3, -0.25) is 0 Å². The number of hydrogen-bond acceptors (Lipinski definition) is 3. The SMILES string of the molecule is Cc1c(-c2ccc(CC(C)(C)C)cc2)sc2c(-c3cccc4c3oc3c[c]([Ge]([CH3])([CH3])[CH3])ccc34)nccc12. The van der Waals surface area contributed by atoms with E-state index in [-0.39, 0.29) is 5.41 Å². The van der Waals surface area contributed by atoms with E-state index in [2.05, 4.69) is 112 Å². The van der Waals surface area contributed by atoms with Gasteiger partial charge in [-0.25, -0.2) is 0 Å². The van der Waals surface area contributed by atoms with Gasteiger partial charge in [0.15, 0.2) is 0 Å². The molecule has 6 aromatic rings. The third-order valence-corrected chi connectivity index (χ3v) is 13.1. The van der Waals surface area contributed by atoms with E-state index in [1.807, 2.05) is 17.5 Å². The van der Waals surface area contributed by atoms with Crippen LogP contribution in [0.5, 0.6) is 0 Å². The molecule has 0 aliphatic carbocycles. The number of pyridine rings is 1. The standard InChI is InChI=1S/C34H35GeNOS/c1-21-25-17-18-36-30(33(25)38-32(21)23-13-11-22(12-14-23)20-34(2,3)4)28-10-8-9-27-26-16-15-24(35(5,6)7)19-29(26)37-31(27)28/h8-19H,20H2,1-7H3. The third kappa shape index (κ3) is 4.50. The van der Waals surface area contributed by atoms with Crippen molar-refractivity contribution in [2.75, 3.05) is 0 Å². The van der Waals surface area contributed by atoms with Crippen LogP contribution in [0.25, 0.3) is 53.7 Å². The van der Waals surface area contributed by atoms with E-state index in [0.717, 1.165) is 34.2 Å². The number of fused-ring (bicyclic) bond motifs is 4. The first-order valence-corrected chi connectivity index (χ1v) is 21.6. The minimum absolute atomic E-state index is 0.282. The van der Waals surface area contributed by atoms with E-state index in [1.165, 1.54) is 41.4 Å². The number of nitrogens with zero attached hydrogens (tertiary/aromatic N) is 1. The topological polar surface area (TPSA) is 26.0 Å². The first-order chi connectivity index (χ1) is 18.0. The van der Waals surface area contributed by atoms with Gasteiger partial charge >= 0.3 is 183 Å². The average Bonchev–Trinajstić information content (AvgIpc) is 3.40. The van der Waals surface area contributed by atoms with Gasteiger partial charge in [-0.1, -0.05) is 32.9 Å². The van der Waals surface area contributed by atoms with Crippen molar-refractivity contribution < 1.29 is 4.42 Å². The van der Waals surface area contributed by atoms with Gasteiger partial charge in [0.25, 0.3) is 0 Å². The number of aryl methyl sites for hydroxylation is 1. The number of rotatable bonds is 4. The normalized spacial score (nSPS) is 12.7. The monoisotopic (exact) mass is 579 g/mol. The Bertz CT molecular complexity index is 1810. The quantitative estimate of drug-likeness (QED) is 0.195. The molecule has 4 heteroatoms. The zero-order chi connectivity index (χ0) is 26.8. The Labute approximate surface area is 232 Å². The van der Waals surface area contributed by atoms with E-state index >= 15 is 0 Å². The average molecular weight is 578 g/mol. The summed E-state index contributed by atoms with van der Waals surface area (Å²) in [6.07, 6.45) is 3.02. The molecule has 0 aliphatic heterocycles. The van der Waals surface area contributed by atoms with Gasteiger partial charge in [0, 0.05) is 0 Å². The summed E-state index contributed by atoms with van der Waals surface area (Å²) >= 11 is -0.120. The van der Waals surface area contributed by atoms with E-state index in [9.17, 15) is 0 Å². The summed E-state index contributed by atoms with van der Waals surface area (Å²) in [5, 5.41) is 3.61. The Hall–Kier alpha value is -2.89. The first kappa shape index (κ1) is 25.4. The van der Waals surface area contributed by atoms with Crippen LogP contribution in [-0.4, -0.2) is 18.3 Å².